The number of fused-ring (bicyclic) bond motifs is 4. The summed E-state index contributed by atoms with van der Waals surface area (Å²) in [5.74, 6) is 3.20. The molecule has 2 aliphatic heterocycles. The Bertz CT molecular complexity index is 1870. The Morgan fingerprint density at radius 1 is 0.676 bits per heavy atom. The lowest BCUT2D eigenvalue weighted by atomic mass is 9.90. The summed E-state index contributed by atoms with van der Waals surface area (Å²) in [5.41, 5.74) is 2.17. The van der Waals surface area contributed by atoms with Crippen molar-refractivity contribution >= 4 is 23.6 Å². The zero-order valence-corrected chi connectivity index (χ0v) is 43.6. The van der Waals surface area contributed by atoms with E-state index in [0.717, 1.165) is 50.5 Å². The molecule has 2 aromatic carbocycles. The van der Waals surface area contributed by atoms with Crippen molar-refractivity contribution in [3.05, 3.63) is 54.1 Å². The van der Waals surface area contributed by atoms with Crippen molar-refractivity contribution in [3.8, 4) is 41.1 Å². The van der Waals surface area contributed by atoms with Crippen LogP contribution in [0.25, 0.3) is 11.6 Å². The number of methoxy groups -OCH3 is 3. The van der Waals surface area contributed by atoms with Gasteiger partial charge in [-0.15, -0.1) is 18.9 Å². The van der Waals surface area contributed by atoms with Gasteiger partial charge in [0.25, 0.3) is 5.79 Å². The van der Waals surface area contributed by atoms with Crippen LogP contribution in [0.1, 0.15) is 179 Å². The standard InChI is InChI=1S/C19H18O6.C19H36O4.C19H34O4/c1-21-12-5-4-11-6-14-13-8-17(22-2)18(23-3)9-16(13)24-10-19(14,20)25-15(11)7-12;2*1-3-4-5-6-7-8-9-10-11-12-13-14-18(21)15-19(22)16-23-17(2)20/h4-9,20H,10H2,1-3H3;3,18-19,21-22H,1,4-16H2,2H3;1,18-19,21-22H,4-16H2,2H3. The van der Waals surface area contributed by atoms with Crippen molar-refractivity contribution in [2.24, 2.45) is 0 Å². The molecule has 0 radical (unpaired) electrons. The molecule has 5 N–H and O–H groups in total. The van der Waals surface area contributed by atoms with Crippen molar-refractivity contribution in [1.29, 1.82) is 0 Å². The predicted molar refractivity (Wildman–Crippen MR) is 279 cm³/mol. The average molecular weight is 997 g/mol. The van der Waals surface area contributed by atoms with Gasteiger partial charge < -0.3 is 58.7 Å². The topological polar surface area (TPSA) is 200 Å². The molecule has 4 rings (SSSR count). The number of unbranched alkanes of at least 4 members (excludes halogenated alkanes) is 18. The summed E-state index contributed by atoms with van der Waals surface area (Å²) in [7, 11) is 4.71. The number of hydrogen-bond acceptors (Lipinski definition) is 14. The van der Waals surface area contributed by atoms with Gasteiger partial charge in [0.05, 0.1) is 45.7 Å². The molecule has 400 valence electrons. The molecule has 71 heavy (non-hydrogen) atoms. The van der Waals surface area contributed by atoms with Crippen LogP contribution >= 0.6 is 0 Å². The van der Waals surface area contributed by atoms with Crippen molar-refractivity contribution in [2.45, 2.75) is 198 Å². The Kier molecular flexibility index (Phi) is 32.5. The lowest BCUT2D eigenvalue weighted by molar-refractivity contribution is -0.145. The number of allylic oxidation sites excluding steroid dienone is 1. The summed E-state index contributed by atoms with van der Waals surface area (Å²) >= 11 is 0. The van der Waals surface area contributed by atoms with E-state index in [4.69, 9.17) is 39.6 Å². The molecule has 2 heterocycles. The van der Waals surface area contributed by atoms with Gasteiger partial charge in [0.15, 0.2) is 18.1 Å². The predicted octanol–water partition coefficient (Wildman–Crippen LogP) is 10.5. The third-order valence-corrected chi connectivity index (χ3v) is 12.3. The van der Waals surface area contributed by atoms with Crippen molar-refractivity contribution in [3.63, 3.8) is 0 Å². The summed E-state index contributed by atoms with van der Waals surface area (Å²) in [5, 5.41) is 49.8. The zero-order chi connectivity index (χ0) is 52.3. The molecule has 5 unspecified atom stereocenters. The summed E-state index contributed by atoms with van der Waals surface area (Å²) in [6.07, 6.45) is 32.4. The van der Waals surface area contributed by atoms with E-state index >= 15 is 0 Å². The first-order chi connectivity index (χ1) is 34.2. The Balaban J connectivity index is 0.000000366. The number of esters is 2. The van der Waals surface area contributed by atoms with Crippen molar-refractivity contribution in [1.82, 2.24) is 0 Å². The van der Waals surface area contributed by atoms with Crippen LogP contribution in [0.3, 0.4) is 0 Å². The normalized spacial score (nSPS) is 15.8. The highest BCUT2D eigenvalue weighted by atomic mass is 16.7. The maximum absolute atomic E-state index is 11.0. The number of rotatable bonds is 34. The molecule has 0 spiro atoms. The quantitative estimate of drug-likeness (QED) is 0.0192. The fourth-order valence-electron chi connectivity index (χ4n) is 8.29. The molecule has 0 saturated heterocycles. The SMILES string of the molecule is C#CCCCCCCCCCCCC(O)CC(O)COC(C)=O.C=CCCCCCCCCCCCC(O)CC(O)COC(C)=O.COc1ccc2c(c1)OC1(O)COc3cc(OC)c(OC)cc3C1=C2. The van der Waals surface area contributed by atoms with Crippen LogP contribution < -0.4 is 23.7 Å². The van der Waals surface area contributed by atoms with Gasteiger partial charge in [-0.05, 0) is 56.4 Å². The smallest absolute Gasteiger partial charge is 0.302 e. The van der Waals surface area contributed by atoms with Gasteiger partial charge >= 0.3 is 11.9 Å². The van der Waals surface area contributed by atoms with Gasteiger partial charge in [-0.2, -0.15) is 0 Å². The summed E-state index contributed by atoms with van der Waals surface area (Å²) in [6, 6.07) is 9.00. The first-order valence-corrected chi connectivity index (χ1v) is 25.9. The van der Waals surface area contributed by atoms with E-state index in [9.17, 15) is 35.1 Å². The van der Waals surface area contributed by atoms with Crippen molar-refractivity contribution in [2.75, 3.05) is 41.2 Å². The van der Waals surface area contributed by atoms with Crippen LogP contribution in [0.2, 0.25) is 0 Å². The minimum absolute atomic E-state index is 0.0286. The Labute approximate surface area is 425 Å². The van der Waals surface area contributed by atoms with E-state index < -0.39 is 42.1 Å². The van der Waals surface area contributed by atoms with Gasteiger partial charge in [-0.3, -0.25) is 9.59 Å². The van der Waals surface area contributed by atoms with E-state index in [1.54, 1.807) is 39.5 Å². The molecule has 0 aromatic heterocycles. The zero-order valence-electron chi connectivity index (χ0n) is 43.6. The second-order valence-electron chi connectivity index (χ2n) is 18.5. The summed E-state index contributed by atoms with van der Waals surface area (Å²) in [4.78, 5) is 21.2. The number of carbonyl (C=O) groups excluding carboxylic acids is 2. The fourth-order valence-corrected chi connectivity index (χ4v) is 8.29. The minimum atomic E-state index is -1.58. The molecule has 0 saturated carbocycles. The molecule has 0 bridgehead atoms. The van der Waals surface area contributed by atoms with Crippen LogP contribution in [-0.4, -0.2) is 109 Å². The van der Waals surface area contributed by atoms with E-state index in [1.165, 1.54) is 97.3 Å². The lowest BCUT2D eigenvalue weighted by Gasteiger charge is -2.39. The third-order valence-electron chi connectivity index (χ3n) is 12.3. The Morgan fingerprint density at radius 3 is 1.62 bits per heavy atom. The van der Waals surface area contributed by atoms with E-state index in [0.29, 0.717) is 52.7 Å². The highest BCUT2D eigenvalue weighted by Gasteiger charge is 2.44. The van der Waals surface area contributed by atoms with E-state index in [-0.39, 0.29) is 32.7 Å². The number of benzene rings is 2. The van der Waals surface area contributed by atoms with Crippen LogP contribution in [0, 0.1) is 12.3 Å². The minimum Gasteiger partial charge on any atom is -0.497 e. The second-order valence-corrected chi connectivity index (χ2v) is 18.5. The Morgan fingerprint density at radius 2 is 1.15 bits per heavy atom. The monoisotopic (exact) mass is 997 g/mol. The van der Waals surface area contributed by atoms with Gasteiger partial charge in [0.2, 0.25) is 0 Å². The summed E-state index contributed by atoms with van der Waals surface area (Å²) in [6.45, 7) is 6.25. The number of aliphatic hydroxyl groups excluding tert-OH is 4. The van der Waals surface area contributed by atoms with Gasteiger partial charge in [0, 0.05) is 61.9 Å². The second kappa shape index (κ2) is 37.0. The number of hydrogen-bond donors (Lipinski definition) is 5. The molecule has 0 fully saturated rings. The molecule has 2 aliphatic rings. The fraction of sp³-hybridized carbons (Fsp3) is 0.649. The van der Waals surface area contributed by atoms with Crippen LogP contribution in [0.4, 0.5) is 0 Å². The van der Waals surface area contributed by atoms with Gasteiger partial charge in [-0.1, -0.05) is 109 Å². The third kappa shape index (κ3) is 26.5. The first kappa shape index (κ1) is 62.3. The lowest BCUT2D eigenvalue weighted by Crippen LogP contribution is -2.47. The molecule has 14 nitrogen and oxygen atoms in total. The maximum Gasteiger partial charge on any atom is 0.302 e. The maximum atomic E-state index is 11.0. The van der Waals surface area contributed by atoms with Gasteiger partial charge in [0.1, 0.15) is 30.5 Å². The number of aliphatic hydroxyl groups is 5. The van der Waals surface area contributed by atoms with Crippen LogP contribution in [0.15, 0.2) is 43.0 Å². The van der Waals surface area contributed by atoms with Gasteiger partial charge in [-0.25, -0.2) is 0 Å². The first-order valence-electron chi connectivity index (χ1n) is 25.9. The van der Waals surface area contributed by atoms with Crippen LogP contribution in [0.5, 0.6) is 28.7 Å². The number of ether oxygens (including phenoxy) is 7. The summed E-state index contributed by atoms with van der Waals surface area (Å²) < 4.78 is 36.9. The largest absolute Gasteiger partial charge is 0.497 e. The molecule has 14 heteroatoms. The van der Waals surface area contributed by atoms with E-state index in [1.807, 2.05) is 24.3 Å². The molecule has 0 amide bonds. The molecular formula is C57H88O14. The number of carbonyl (C=O) groups is 2. The Hall–Kier alpha value is -4.78. The molecular weight excluding hydrogens is 909 g/mol. The van der Waals surface area contributed by atoms with Crippen molar-refractivity contribution < 1.29 is 68.3 Å². The highest BCUT2D eigenvalue weighted by Crippen LogP contribution is 2.49. The highest BCUT2D eigenvalue weighted by molar-refractivity contribution is 5.92. The molecule has 2 aromatic rings. The molecule has 0 aliphatic carbocycles. The van der Waals surface area contributed by atoms with E-state index in [2.05, 4.69) is 12.5 Å². The molecule has 5 atom stereocenters. The number of terminal acetylenes is 1. The van der Waals surface area contributed by atoms with Crippen LogP contribution in [-0.2, 0) is 19.1 Å². The average Bonchev–Trinajstić information content (AvgIpc) is 3.35.